The molecule has 0 unspecified atom stereocenters. The first-order valence-corrected chi connectivity index (χ1v) is 7.04. The fourth-order valence-corrected chi connectivity index (χ4v) is 2.61. The highest BCUT2D eigenvalue weighted by Gasteiger charge is 2.25. The molecular weight excluding hydrogens is 327 g/mol. The molecule has 1 heterocycles. The molecule has 2 N–H and O–H groups in total. The minimum Gasteiger partial charge on any atom is -0.478 e. The number of nitrogens with one attached hydrogen (secondary N) is 2. The molecule has 0 radical (unpaired) electrons. The molecule has 0 bridgehead atoms. The molecule has 7 nitrogen and oxygen atoms in total. The van der Waals surface area contributed by atoms with Gasteiger partial charge in [0, 0.05) is 0 Å². The molecule has 11 heteroatoms. The van der Waals surface area contributed by atoms with Crippen LogP contribution in [0, 0.1) is 17.5 Å². The topological polar surface area (TPSA) is 101 Å². The van der Waals surface area contributed by atoms with Crippen LogP contribution in [-0.4, -0.2) is 25.5 Å². The quantitative estimate of drug-likeness (QED) is 0.812. The number of halogens is 3. The van der Waals surface area contributed by atoms with E-state index in [0.29, 0.717) is 12.1 Å². The number of sulfonamides is 1. The van der Waals surface area contributed by atoms with E-state index in [0.717, 1.165) is 13.3 Å². The summed E-state index contributed by atoms with van der Waals surface area (Å²) < 4.78 is 70.1. The molecule has 0 aliphatic carbocycles. The normalized spacial score (nSPS) is 11.3. The molecular formula is C11H8F3N3O4S. The van der Waals surface area contributed by atoms with Crippen LogP contribution in [-0.2, 0) is 10.0 Å². The van der Waals surface area contributed by atoms with Gasteiger partial charge in [-0.1, -0.05) is 0 Å². The lowest BCUT2D eigenvalue weighted by Gasteiger charge is -2.11. The first kappa shape index (κ1) is 15.8. The fraction of sp³-hybridized carbons (Fsp3) is 0.0909. The first-order valence-electron chi connectivity index (χ1n) is 5.56. The van der Waals surface area contributed by atoms with E-state index in [1.54, 1.807) is 4.72 Å². The molecule has 0 amide bonds. The van der Waals surface area contributed by atoms with Gasteiger partial charge < -0.3 is 9.72 Å². The number of methoxy groups -OCH3 is 1. The number of ether oxygens (including phenoxy) is 1. The van der Waals surface area contributed by atoms with Gasteiger partial charge in [0.2, 0.25) is 0 Å². The monoisotopic (exact) mass is 335 g/mol. The zero-order valence-electron chi connectivity index (χ0n) is 10.9. The molecule has 1 aromatic carbocycles. The van der Waals surface area contributed by atoms with E-state index in [1.807, 2.05) is 0 Å². The van der Waals surface area contributed by atoms with E-state index in [4.69, 9.17) is 4.74 Å². The number of aromatic nitrogens is 2. The molecule has 118 valence electrons. The Kier molecular flexibility index (Phi) is 4.08. The molecule has 0 saturated carbocycles. The Morgan fingerprint density at radius 1 is 1.23 bits per heavy atom. The van der Waals surface area contributed by atoms with Crippen molar-refractivity contribution in [2.45, 2.75) is 4.90 Å². The Bertz CT molecular complexity index is 883. The average Bonchev–Trinajstić information content (AvgIpc) is 2.44. The summed E-state index contributed by atoms with van der Waals surface area (Å²) in [6, 6.07) is 0.993. The van der Waals surface area contributed by atoms with E-state index < -0.39 is 43.7 Å². The number of hydrogen-bond acceptors (Lipinski definition) is 5. The van der Waals surface area contributed by atoms with Gasteiger partial charge in [0.25, 0.3) is 21.5 Å². The number of H-pyrrole nitrogens is 1. The Morgan fingerprint density at radius 3 is 2.55 bits per heavy atom. The Balaban J connectivity index is 2.52. The number of hydrogen-bond donors (Lipinski definition) is 2. The minimum atomic E-state index is -4.65. The van der Waals surface area contributed by atoms with Gasteiger partial charge in [0.15, 0.2) is 23.3 Å². The maximum absolute atomic E-state index is 13.6. The van der Waals surface area contributed by atoms with E-state index in [2.05, 4.69) is 9.97 Å². The van der Waals surface area contributed by atoms with Crippen LogP contribution in [0.25, 0.3) is 0 Å². The summed E-state index contributed by atoms with van der Waals surface area (Å²) >= 11 is 0. The van der Waals surface area contributed by atoms with Gasteiger partial charge in [-0.3, -0.25) is 9.52 Å². The Morgan fingerprint density at radius 2 is 1.91 bits per heavy atom. The van der Waals surface area contributed by atoms with Crippen LogP contribution in [0.15, 0.2) is 28.0 Å². The smallest absolute Gasteiger partial charge is 0.268 e. The van der Waals surface area contributed by atoms with Crippen LogP contribution in [0.2, 0.25) is 0 Å². The maximum atomic E-state index is 13.6. The van der Waals surface area contributed by atoms with Crippen LogP contribution < -0.4 is 15.0 Å². The van der Waals surface area contributed by atoms with Crippen LogP contribution in [0.1, 0.15) is 0 Å². The van der Waals surface area contributed by atoms with Crippen molar-refractivity contribution in [1.29, 1.82) is 0 Å². The molecule has 0 atom stereocenters. The van der Waals surface area contributed by atoms with E-state index in [9.17, 15) is 26.4 Å². The van der Waals surface area contributed by atoms with E-state index >= 15 is 0 Å². The lowest BCUT2D eigenvalue weighted by Crippen LogP contribution is -2.20. The first-order chi connectivity index (χ1) is 10.3. The molecule has 22 heavy (non-hydrogen) atoms. The molecule has 0 saturated heterocycles. The third-order valence-electron chi connectivity index (χ3n) is 2.48. The van der Waals surface area contributed by atoms with Crippen molar-refractivity contribution in [1.82, 2.24) is 9.97 Å². The number of rotatable bonds is 4. The van der Waals surface area contributed by atoms with Crippen LogP contribution >= 0.6 is 0 Å². The molecule has 0 spiro atoms. The fourth-order valence-electron chi connectivity index (χ4n) is 1.52. The van der Waals surface area contributed by atoms with Crippen molar-refractivity contribution in [3.63, 3.8) is 0 Å². The number of anilines is 1. The van der Waals surface area contributed by atoms with Crippen molar-refractivity contribution in [2.24, 2.45) is 0 Å². The van der Waals surface area contributed by atoms with Crippen LogP contribution in [0.4, 0.5) is 19.0 Å². The standard InChI is InChI=1S/C11H8F3N3O4S/c1-21-11-10(16-7(18)4-15-11)17-22(19,20)6-3-2-5(12)8(13)9(6)14/h2-4H,1H3,(H2,16,17,18). The van der Waals surface area contributed by atoms with Gasteiger partial charge in [-0.25, -0.2) is 26.6 Å². The van der Waals surface area contributed by atoms with Gasteiger partial charge in [-0.05, 0) is 12.1 Å². The molecule has 1 aromatic heterocycles. The third kappa shape index (κ3) is 2.88. The second-order valence-electron chi connectivity index (χ2n) is 3.91. The summed E-state index contributed by atoms with van der Waals surface area (Å²) in [4.78, 5) is 15.6. The summed E-state index contributed by atoms with van der Waals surface area (Å²) in [6.45, 7) is 0. The van der Waals surface area contributed by atoms with Gasteiger partial charge in [0.05, 0.1) is 13.3 Å². The maximum Gasteiger partial charge on any atom is 0.268 e. The van der Waals surface area contributed by atoms with Crippen molar-refractivity contribution in [2.75, 3.05) is 11.8 Å². The van der Waals surface area contributed by atoms with Gasteiger partial charge in [-0.15, -0.1) is 0 Å². The second kappa shape index (κ2) is 5.67. The van der Waals surface area contributed by atoms with E-state index in [-0.39, 0.29) is 5.88 Å². The van der Waals surface area contributed by atoms with Gasteiger partial charge >= 0.3 is 0 Å². The van der Waals surface area contributed by atoms with Crippen molar-refractivity contribution in [3.05, 3.63) is 46.1 Å². The zero-order valence-corrected chi connectivity index (χ0v) is 11.7. The predicted octanol–water partition coefficient (Wildman–Crippen LogP) is 0.997. The number of nitrogens with zero attached hydrogens (tertiary/aromatic N) is 1. The number of aromatic amines is 1. The highest BCUT2D eigenvalue weighted by atomic mass is 32.2. The van der Waals surface area contributed by atoms with Gasteiger partial charge in [0.1, 0.15) is 4.90 Å². The lowest BCUT2D eigenvalue weighted by molar-refractivity contribution is 0.398. The van der Waals surface area contributed by atoms with Crippen molar-refractivity contribution in [3.8, 4) is 5.88 Å². The van der Waals surface area contributed by atoms with Crippen molar-refractivity contribution >= 4 is 15.8 Å². The summed E-state index contributed by atoms with van der Waals surface area (Å²) in [7, 11) is -3.51. The molecule has 0 aliphatic heterocycles. The van der Waals surface area contributed by atoms with Crippen molar-refractivity contribution < 1.29 is 26.3 Å². The average molecular weight is 335 g/mol. The summed E-state index contributed by atoms with van der Waals surface area (Å²) in [6.07, 6.45) is 0.828. The third-order valence-corrected chi connectivity index (χ3v) is 3.85. The lowest BCUT2D eigenvalue weighted by atomic mass is 10.3. The molecule has 2 aromatic rings. The van der Waals surface area contributed by atoms with Crippen LogP contribution in [0.5, 0.6) is 5.88 Å². The molecule has 2 rings (SSSR count). The Labute approximate surface area is 121 Å². The summed E-state index contributed by atoms with van der Waals surface area (Å²) in [5, 5.41) is 0. The SMILES string of the molecule is COc1ncc(=O)[nH]c1NS(=O)(=O)c1ccc(F)c(F)c1F. The van der Waals surface area contributed by atoms with Crippen LogP contribution in [0.3, 0.4) is 0 Å². The highest BCUT2D eigenvalue weighted by molar-refractivity contribution is 7.92. The summed E-state index contributed by atoms with van der Waals surface area (Å²) in [5.41, 5.74) is -0.760. The number of benzene rings is 1. The zero-order chi connectivity index (χ0) is 16.5. The molecule has 0 aliphatic rings. The minimum absolute atomic E-state index is 0.300. The van der Waals surface area contributed by atoms with E-state index in [1.165, 1.54) is 0 Å². The summed E-state index contributed by atoms with van der Waals surface area (Å²) in [5.74, 6) is -6.15. The van der Waals surface area contributed by atoms with Gasteiger partial charge in [-0.2, -0.15) is 0 Å². The highest BCUT2D eigenvalue weighted by Crippen LogP contribution is 2.24. The second-order valence-corrected chi connectivity index (χ2v) is 5.56. The molecule has 0 fully saturated rings. The predicted molar refractivity (Wildman–Crippen MR) is 68.5 cm³/mol. The Hall–Kier alpha value is -2.56. The largest absolute Gasteiger partial charge is 0.478 e.